The van der Waals surface area contributed by atoms with Crippen LogP contribution in [0, 0.1) is 11.2 Å². The van der Waals surface area contributed by atoms with Crippen LogP contribution in [0.3, 0.4) is 0 Å². The first-order valence-electron chi connectivity index (χ1n) is 5.40. The van der Waals surface area contributed by atoms with E-state index in [1.165, 1.54) is 6.07 Å². The van der Waals surface area contributed by atoms with E-state index in [4.69, 9.17) is 20.3 Å². The normalized spacial score (nSPS) is 10.5. The zero-order valence-electron chi connectivity index (χ0n) is 9.65. The Balaban J connectivity index is 1.95. The number of rotatable bonds is 5. The van der Waals surface area contributed by atoms with Crippen LogP contribution in [0.2, 0.25) is 0 Å². The van der Waals surface area contributed by atoms with E-state index in [2.05, 4.69) is 0 Å². The molecule has 0 aliphatic heterocycles. The van der Waals surface area contributed by atoms with Crippen molar-refractivity contribution in [2.75, 3.05) is 0 Å². The molecule has 0 bridgehead atoms. The molecule has 0 aliphatic rings. The van der Waals surface area contributed by atoms with Crippen molar-refractivity contribution in [2.45, 2.75) is 13.2 Å². The number of nitrogens with one attached hydrogen (secondary N) is 1. The molecule has 0 unspecified atom stereocenters. The van der Waals surface area contributed by atoms with Crippen molar-refractivity contribution in [3.63, 3.8) is 0 Å². The number of nitrogen functional groups attached to an aromatic ring is 1. The molecule has 0 amide bonds. The quantitative estimate of drug-likeness (QED) is 0.630. The van der Waals surface area contributed by atoms with Crippen molar-refractivity contribution in [3.8, 4) is 0 Å². The minimum atomic E-state index is -0.429. The smallest absolute Gasteiger partial charge is 0.129 e. The van der Waals surface area contributed by atoms with Crippen molar-refractivity contribution in [3.05, 3.63) is 59.3 Å². The molecule has 0 saturated carbocycles. The van der Waals surface area contributed by atoms with Gasteiger partial charge in [0.25, 0.3) is 0 Å². The van der Waals surface area contributed by atoms with Crippen LogP contribution in [0.15, 0.2) is 41.0 Å². The van der Waals surface area contributed by atoms with Gasteiger partial charge in [-0.25, -0.2) is 4.39 Å². The average molecular weight is 248 g/mol. The molecule has 0 aliphatic carbocycles. The van der Waals surface area contributed by atoms with E-state index >= 15 is 0 Å². The van der Waals surface area contributed by atoms with Crippen LogP contribution in [0.5, 0.6) is 0 Å². The third kappa shape index (κ3) is 2.95. The predicted octanol–water partition coefficient (Wildman–Crippen LogP) is 2.42. The van der Waals surface area contributed by atoms with Gasteiger partial charge in [0.15, 0.2) is 0 Å². The molecular weight excluding hydrogens is 235 g/mol. The molecule has 0 atom stereocenters. The Morgan fingerprint density at radius 3 is 2.78 bits per heavy atom. The summed E-state index contributed by atoms with van der Waals surface area (Å²) in [5.41, 5.74) is 6.06. The highest BCUT2D eigenvalue weighted by atomic mass is 19.1. The van der Waals surface area contributed by atoms with Gasteiger partial charge in [-0.3, -0.25) is 5.41 Å². The van der Waals surface area contributed by atoms with Gasteiger partial charge in [-0.05, 0) is 18.2 Å². The van der Waals surface area contributed by atoms with E-state index in [9.17, 15) is 4.39 Å². The Hall–Kier alpha value is -2.14. The number of hydrogen-bond acceptors (Lipinski definition) is 3. The van der Waals surface area contributed by atoms with Crippen molar-refractivity contribution in [1.29, 1.82) is 5.41 Å². The number of halogens is 1. The molecule has 5 heteroatoms. The van der Waals surface area contributed by atoms with Crippen LogP contribution in [0.4, 0.5) is 4.39 Å². The van der Waals surface area contributed by atoms with Gasteiger partial charge in [0, 0.05) is 11.1 Å². The SMILES string of the molecule is N=C(N)c1ccc(COCc2ccco2)c(F)c1. The highest BCUT2D eigenvalue weighted by Gasteiger charge is 2.06. The second-order valence-electron chi connectivity index (χ2n) is 3.79. The predicted molar refractivity (Wildman–Crippen MR) is 64.6 cm³/mol. The summed E-state index contributed by atoms with van der Waals surface area (Å²) in [7, 11) is 0. The van der Waals surface area contributed by atoms with E-state index in [1.54, 1.807) is 30.5 Å². The second kappa shape index (κ2) is 5.46. The van der Waals surface area contributed by atoms with Gasteiger partial charge in [-0.1, -0.05) is 12.1 Å². The fourth-order valence-electron chi connectivity index (χ4n) is 1.49. The van der Waals surface area contributed by atoms with Crippen molar-refractivity contribution >= 4 is 5.84 Å². The molecule has 0 saturated heterocycles. The number of ether oxygens (including phenoxy) is 1. The molecule has 1 aromatic heterocycles. The highest BCUT2D eigenvalue weighted by molar-refractivity contribution is 5.94. The van der Waals surface area contributed by atoms with E-state index in [0.29, 0.717) is 23.5 Å². The lowest BCUT2D eigenvalue weighted by Crippen LogP contribution is -2.11. The molecule has 1 aromatic carbocycles. The summed E-state index contributed by atoms with van der Waals surface area (Å²) >= 11 is 0. The summed E-state index contributed by atoms with van der Waals surface area (Å²) < 4.78 is 24.0. The third-order valence-corrected chi connectivity index (χ3v) is 2.45. The minimum absolute atomic E-state index is 0.144. The van der Waals surface area contributed by atoms with Crippen LogP contribution < -0.4 is 5.73 Å². The third-order valence-electron chi connectivity index (χ3n) is 2.45. The van der Waals surface area contributed by atoms with Crippen LogP contribution in [-0.4, -0.2) is 5.84 Å². The molecule has 1 heterocycles. The molecule has 0 fully saturated rings. The Morgan fingerprint density at radius 1 is 1.33 bits per heavy atom. The topological polar surface area (TPSA) is 72.2 Å². The second-order valence-corrected chi connectivity index (χ2v) is 3.79. The van der Waals surface area contributed by atoms with Gasteiger partial charge in [0.1, 0.15) is 24.0 Å². The molecule has 2 aromatic rings. The summed E-state index contributed by atoms with van der Waals surface area (Å²) in [5.74, 6) is 0.106. The fraction of sp³-hybridized carbons (Fsp3) is 0.154. The summed E-state index contributed by atoms with van der Waals surface area (Å²) in [4.78, 5) is 0. The van der Waals surface area contributed by atoms with Crippen molar-refractivity contribution in [2.24, 2.45) is 5.73 Å². The maximum Gasteiger partial charge on any atom is 0.129 e. The van der Waals surface area contributed by atoms with Crippen LogP contribution in [0.1, 0.15) is 16.9 Å². The van der Waals surface area contributed by atoms with Gasteiger partial charge in [-0.2, -0.15) is 0 Å². The summed E-state index contributed by atoms with van der Waals surface area (Å²) in [6, 6.07) is 7.94. The number of furan rings is 1. The van der Waals surface area contributed by atoms with Gasteiger partial charge in [-0.15, -0.1) is 0 Å². The van der Waals surface area contributed by atoms with Gasteiger partial charge < -0.3 is 14.9 Å². The largest absolute Gasteiger partial charge is 0.467 e. The van der Waals surface area contributed by atoms with Gasteiger partial charge in [0.05, 0.1) is 12.9 Å². The molecule has 3 N–H and O–H groups in total. The monoisotopic (exact) mass is 248 g/mol. The van der Waals surface area contributed by atoms with Crippen molar-refractivity contribution < 1.29 is 13.5 Å². The molecule has 4 nitrogen and oxygen atoms in total. The lowest BCUT2D eigenvalue weighted by molar-refractivity contribution is 0.0909. The van der Waals surface area contributed by atoms with Gasteiger partial charge in [0.2, 0.25) is 0 Å². The molecule has 2 rings (SSSR count). The van der Waals surface area contributed by atoms with Crippen LogP contribution in [-0.2, 0) is 18.0 Å². The summed E-state index contributed by atoms with van der Waals surface area (Å²) in [6.45, 7) is 0.436. The minimum Gasteiger partial charge on any atom is -0.467 e. The first-order chi connectivity index (χ1) is 8.66. The summed E-state index contributed by atoms with van der Waals surface area (Å²) in [5, 5.41) is 7.20. The van der Waals surface area contributed by atoms with E-state index in [-0.39, 0.29) is 12.4 Å². The zero-order valence-corrected chi connectivity index (χ0v) is 9.65. The fourth-order valence-corrected chi connectivity index (χ4v) is 1.49. The van der Waals surface area contributed by atoms with Crippen molar-refractivity contribution in [1.82, 2.24) is 0 Å². The molecule has 18 heavy (non-hydrogen) atoms. The maximum atomic E-state index is 13.6. The molecule has 0 spiro atoms. The Kier molecular flexibility index (Phi) is 3.74. The van der Waals surface area contributed by atoms with E-state index in [0.717, 1.165) is 0 Å². The molecule has 0 radical (unpaired) electrons. The Labute approximate surface area is 104 Å². The first-order valence-corrected chi connectivity index (χ1v) is 5.40. The Bertz CT molecular complexity index is 538. The number of benzene rings is 1. The van der Waals surface area contributed by atoms with E-state index < -0.39 is 5.82 Å². The summed E-state index contributed by atoms with van der Waals surface area (Å²) in [6.07, 6.45) is 1.56. The maximum absolute atomic E-state index is 13.6. The Morgan fingerprint density at radius 2 is 2.17 bits per heavy atom. The van der Waals surface area contributed by atoms with E-state index in [1.807, 2.05) is 0 Å². The highest BCUT2D eigenvalue weighted by Crippen LogP contribution is 2.12. The average Bonchev–Trinajstić information content (AvgIpc) is 2.84. The molecule has 94 valence electrons. The number of hydrogen-bond donors (Lipinski definition) is 2. The standard InChI is InChI=1S/C13H13FN2O2/c14-12-6-9(13(15)16)3-4-10(12)7-17-8-11-2-1-5-18-11/h1-6H,7-8H2,(H3,15,16). The van der Waals surface area contributed by atoms with Crippen LogP contribution >= 0.6 is 0 Å². The van der Waals surface area contributed by atoms with Gasteiger partial charge >= 0.3 is 0 Å². The lowest BCUT2D eigenvalue weighted by atomic mass is 10.1. The molecular formula is C13H13FN2O2. The number of amidine groups is 1. The first kappa shape index (κ1) is 12.3. The zero-order chi connectivity index (χ0) is 13.0. The lowest BCUT2D eigenvalue weighted by Gasteiger charge is -2.06. The number of nitrogens with two attached hydrogens (primary N) is 1. The van der Waals surface area contributed by atoms with Crippen LogP contribution in [0.25, 0.3) is 0 Å².